The Labute approximate surface area is 225 Å². The van der Waals surface area contributed by atoms with Crippen LogP contribution in [0.15, 0.2) is 83.3 Å². The predicted molar refractivity (Wildman–Crippen MR) is 146 cm³/mol. The lowest BCUT2D eigenvalue weighted by atomic mass is 10.0. The van der Waals surface area contributed by atoms with Crippen molar-refractivity contribution in [3.63, 3.8) is 0 Å². The van der Waals surface area contributed by atoms with E-state index in [9.17, 15) is 18.0 Å². The van der Waals surface area contributed by atoms with E-state index < -0.39 is 28.5 Å². The summed E-state index contributed by atoms with van der Waals surface area (Å²) in [7, 11) is -2.29. The monoisotopic (exact) mass is 591 g/mol. The number of anilines is 1. The first-order valence-electron chi connectivity index (χ1n) is 11.1. The largest absolute Gasteiger partial charge is 0.357 e. The molecule has 0 aliphatic carbocycles. The molecule has 3 aromatic carbocycles. The summed E-state index contributed by atoms with van der Waals surface area (Å²) in [5, 5.41) is 3.19. The van der Waals surface area contributed by atoms with Gasteiger partial charge in [0.2, 0.25) is 21.8 Å². The summed E-state index contributed by atoms with van der Waals surface area (Å²) in [5.41, 5.74) is 1.97. The molecule has 3 aromatic rings. The third-order valence-electron chi connectivity index (χ3n) is 5.58. The van der Waals surface area contributed by atoms with Crippen molar-refractivity contribution >= 4 is 55.1 Å². The summed E-state index contributed by atoms with van der Waals surface area (Å²) >= 11 is 9.37. The van der Waals surface area contributed by atoms with Gasteiger partial charge in [0.15, 0.2) is 0 Å². The minimum absolute atomic E-state index is 0.0961. The Bertz CT molecular complexity index is 1290. The van der Waals surface area contributed by atoms with Crippen molar-refractivity contribution in [1.29, 1.82) is 0 Å². The van der Waals surface area contributed by atoms with E-state index in [4.69, 9.17) is 11.6 Å². The SMILES string of the molecule is CNC(=O)[C@H](Cc1ccccc1)N(Cc1ccc(Cl)cc1)C(=O)CN(c1ccc(Br)cc1)S(C)(=O)=O. The van der Waals surface area contributed by atoms with Gasteiger partial charge in [0.05, 0.1) is 11.9 Å². The standard InChI is InChI=1S/C26H27BrClN3O4S/c1-29-26(33)24(16-19-6-4-3-5-7-19)30(17-20-8-12-22(28)13-9-20)25(32)18-31(36(2,34)35)23-14-10-21(27)11-15-23/h3-15,24H,16-18H2,1-2H3,(H,29,33)/t24-/m0/s1. The molecule has 7 nitrogen and oxygen atoms in total. The van der Waals surface area contributed by atoms with Crippen LogP contribution in [0.4, 0.5) is 5.69 Å². The summed E-state index contributed by atoms with van der Waals surface area (Å²) in [5.74, 6) is -0.862. The van der Waals surface area contributed by atoms with Gasteiger partial charge in [-0.05, 0) is 47.5 Å². The molecule has 10 heteroatoms. The van der Waals surface area contributed by atoms with Crippen molar-refractivity contribution in [2.75, 3.05) is 24.2 Å². The molecule has 0 aliphatic rings. The number of halogens is 2. The quantitative estimate of drug-likeness (QED) is 0.381. The first-order valence-corrected chi connectivity index (χ1v) is 14.1. The van der Waals surface area contributed by atoms with Crippen LogP contribution < -0.4 is 9.62 Å². The highest BCUT2D eigenvalue weighted by molar-refractivity contribution is 9.10. The molecule has 0 aromatic heterocycles. The zero-order valence-electron chi connectivity index (χ0n) is 19.9. The van der Waals surface area contributed by atoms with Gasteiger partial charge in [-0.25, -0.2) is 8.42 Å². The number of carbonyl (C=O) groups is 2. The third-order valence-corrected chi connectivity index (χ3v) is 7.50. The summed E-state index contributed by atoms with van der Waals surface area (Å²) < 4.78 is 27.2. The summed E-state index contributed by atoms with van der Waals surface area (Å²) in [6.07, 6.45) is 1.31. The molecule has 0 saturated heterocycles. The van der Waals surface area contributed by atoms with Gasteiger partial charge in [0, 0.05) is 29.5 Å². The lowest BCUT2D eigenvalue weighted by Crippen LogP contribution is -2.52. The molecule has 0 saturated carbocycles. The number of sulfonamides is 1. The Morgan fingerprint density at radius 3 is 2.11 bits per heavy atom. The highest BCUT2D eigenvalue weighted by Gasteiger charge is 2.32. The van der Waals surface area contributed by atoms with Crippen molar-refractivity contribution in [2.24, 2.45) is 0 Å². The lowest BCUT2D eigenvalue weighted by Gasteiger charge is -2.33. The summed E-state index contributed by atoms with van der Waals surface area (Å²) in [4.78, 5) is 28.2. The molecule has 1 atom stereocenters. The number of hydrogen-bond acceptors (Lipinski definition) is 4. The van der Waals surface area contributed by atoms with E-state index in [0.29, 0.717) is 10.7 Å². The van der Waals surface area contributed by atoms with Crippen molar-refractivity contribution < 1.29 is 18.0 Å². The fraction of sp³-hybridized carbons (Fsp3) is 0.231. The second-order valence-electron chi connectivity index (χ2n) is 8.21. The van der Waals surface area contributed by atoms with Gasteiger partial charge in [0.1, 0.15) is 12.6 Å². The van der Waals surface area contributed by atoms with Gasteiger partial charge < -0.3 is 10.2 Å². The zero-order valence-corrected chi connectivity index (χ0v) is 23.1. The van der Waals surface area contributed by atoms with Gasteiger partial charge >= 0.3 is 0 Å². The van der Waals surface area contributed by atoms with Gasteiger partial charge in [-0.2, -0.15) is 0 Å². The molecule has 0 fully saturated rings. The van der Waals surface area contributed by atoms with Crippen LogP contribution in [0.3, 0.4) is 0 Å². The first kappa shape index (κ1) is 27.7. The molecular formula is C26H27BrClN3O4S. The molecule has 0 bridgehead atoms. The van der Waals surface area contributed by atoms with E-state index in [2.05, 4.69) is 21.2 Å². The molecule has 0 radical (unpaired) electrons. The molecule has 0 aliphatic heterocycles. The van der Waals surface area contributed by atoms with Crippen LogP contribution in [0, 0.1) is 0 Å². The molecule has 0 heterocycles. The van der Waals surface area contributed by atoms with Crippen LogP contribution in [-0.4, -0.2) is 51.0 Å². The smallest absolute Gasteiger partial charge is 0.244 e. The maximum absolute atomic E-state index is 13.8. The van der Waals surface area contributed by atoms with Crippen LogP contribution in [0.25, 0.3) is 0 Å². The second kappa shape index (κ2) is 12.4. The molecule has 36 heavy (non-hydrogen) atoms. The van der Waals surface area contributed by atoms with Gasteiger partial charge in [-0.15, -0.1) is 0 Å². The second-order valence-corrected chi connectivity index (χ2v) is 11.5. The molecule has 3 rings (SSSR count). The topological polar surface area (TPSA) is 86.8 Å². The third kappa shape index (κ3) is 7.56. The Kier molecular flexibility index (Phi) is 9.53. The van der Waals surface area contributed by atoms with Crippen LogP contribution in [0.1, 0.15) is 11.1 Å². The molecule has 190 valence electrons. The van der Waals surface area contributed by atoms with Gasteiger partial charge in [-0.1, -0.05) is 70.0 Å². The highest BCUT2D eigenvalue weighted by atomic mass is 79.9. The lowest BCUT2D eigenvalue weighted by molar-refractivity contribution is -0.139. The van der Waals surface area contributed by atoms with E-state index in [-0.39, 0.29) is 18.9 Å². The van der Waals surface area contributed by atoms with Crippen LogP contribution >= 0.6 is 27.5 Å². The number of amides is 2. The van der Waals surface area contributed by atoms with Crippen molar-refractivity contribution in [3.8, 4) is 0 Å². The molecule has 0 unspecified atom stereocenters. The van der Waals surface area contributed by atoms with Gasteiger partial charge in [0.25, 0.3) is 0 Å². The normalized spacial score (nSPS) is 12.0. The zero-order chi connectivity index (χ0) is 26.3. The molecule has 1 N–H and O–H groups in total. The summed E-state index contributed by atoms with van der Waals surface area (Å²) in [6, 6.07) is 22.1. The Morgan fingerprint density at radius 2 is 1.56 bits per heavy atom. The van der Waals surface area contributed by atoms with Gasteiger partial charge in [-0.3, -0.25) is 13.9 Å². The van der Waals surface area contributed by atoms with Crippen molar-refractivity contribution in [2.45, 2.75) is 19.0 Å². The molecular weight excluding hydrogens is 566 g/mol. The van der Waals surface area contributed by atoms with Crippen LogP contribution in [0.5, 0.6) is 0 Å². The number of benzene rings is 3. The van der Waals surface area contributed by atoms with E-state index in [1.807, 2.05) is 30.3 Å². The Morgan fingerprint density at radius 1 is 0.944 bits per heavy atom. The average molecular weight is 593 g/mol. The number of carbonyl (C=O) groups excluding carboxylic acids is 2. The maximum atomic E-state index is 13.8. The van der Waals surface area contributed by atoms with Crippen LogP contribution in [0.2, 0.25) is 5.02 Å². The fourth-order valence-corrected chi connectivity index (χ4v) is 4.97. The number of likely N-dealkylation sites (N-methyl/N-ethyl adjacent to an activating group) is 1. The molecule has 0 spiro atoms. The maximum Gasteiger partial charge on any atom is 0.244 e. The molecule has 2 amide bonds. The van der Waals surface area contributed by atoms with E-state index >= 15 is 0 Å². The Hall–Kier alpha value is -2.88. The number of hydrogen-bond donors (Lipinski definition) is 1. The van der Waals surface area contributed by atoms with Crippen LogP contribution in [-0.2, 0) is 32.6 Å². The first-order chi connectivity index (χ1) is 17.1. The average Bonchev–Trinajstić information content (AvgIpc) is 2.86. The minimum Gasteiger partial charge on any atom is -0.357 e. The minimum atomic E-state index is -3.80. The van der Waals surface area contributed by atoms with Crippen molar-refractivity contribution in [1.82, 2.24) is 10.2 Å². The fourth-order valence-electron chi connectivity index (χ4n) is 3.73. The number of nitrogens with zero attached hydrogens (tertiary/aromatic N) is 2. The van der Waals surface area contributed by atoms with E-state index in [0.717, 1.165) is 26.2 Å². The predicted octanol–water partition coefficient (Wildman–Crippen LogP) is 4.25. The highest BCUT2D eigenvalue weighted by Crippen LogP contribution is 2.22. The number of rotatable bonds is 10. The van der Waals surface area contributed by atoms with Crippen molar-refractivity contribution in [3.05, 3.63) is 99.5 Å². The van der Waals surface area contributed by atoms with E-state index in [1.54, 1.807) is 48.5 Å². The number of nitrogens with one attached hydrogen (secondary N) is 1. The Balaban J connectivity index is 2.00. The van der Waals surface area contributed by atoms with E-state index in [1.165, 1.54) is 11.9 Å². The summed E-state index contributed by atoms with van der Waals surface area (Å²) in [6.45, 7) is -0.366.